The first-order valence-corrected chi connectivity index (χ1v) is 9.27. The zero-order chi connectivity index (χ0) is 20.1. The molecule has 0 spiro atoms. The molecule has 0 saturated carbocycles. The summed E-state index contributed by atoms with van der Waals surface area (Å²) in [5, 5.41) is 4.02. The van der Waals surface area contributed by atoms with Crippen LogP contribution in [0.5, 0.6) is 0 Å². The van der Waals surface area contributed by atoms with Gasteiger partial charge in [-0.05, 0) is 23.1 Å². The highest BCUT2D eigenvalue weighted by Gasteiger charge is 2.20. The van der Waals surface area contributed by atoms with E-state index in [-0.39, 0.29) is 17.9 Å². The molecule has 0 aliphatic heterocycles. The molecule has 28 heavy (non-hydrogen) atoms. The van der Waals surface area contributed by atoms with Gasteiger partial charge in [0.05, 0.1) is 0 Å². The van der Waals surface area contributed by atoms with Gasteiger partial charge in [-0.2, -0.15) is 4.98 Å². The SMILES string of the molecule is C=CCN(Cc1nc(-c2ccccc2)no1)C(=O)c1ccc(C(C)(C)C)cc1. The van der Waals surface area contributed by atoms with Gasteiger partial charge in [-0.25, -0.2) is 0 Å². The molecule has 0 saturated heterocycles. The van der Waals surface area contributed by atoms with Crippen molar-refractivity contribution in [3.05, 3.63) is 84.3 Å². The van der Waals surface area contributed by atoms with Gasteiger partial charge in [0.1, 0.15) is 6.54 Å². The number of nitrogens with zero attached hydrogens (tertiary/aromatic N) is 3. The predicted octanol–water partition coefficient (Wildman–Crippen LogP) is 4.86. The summed E-state index contributed by atoms with van der Waals surface area (Å²) in [5.41, 5.74) is 2.72. The number of benzene rings is 2. The normalized spacial score (nSPS) is 11.2. The molecule has 0 bridgehead atoms. The lowest BCUT2D eigenvalue weighted by atomic mass is 9.86. The molecule has 0 fully saturated rings. The van der Waals surface area contributed by atoms with Crippen LogP contribution in [0.15, 0.2) is 71.8 Å². The number of amides is 1. The van der Waals surface area contributed by atoms with E-state index in [2.05, 4.69) is 37.5 Å². The van der Waals surface area contributed by atoms with E-state index in [1.165, 1.54) is 5.56 Å². The quantitative estimate of drug-likeness (QED) is 0.577. The fraction of sp³-hybridized carbons (Fsp3) is 0.261. The number of rotatable bonds is 6. The monoisotopic (exact) mass is 375 g/mol. The Hall–Kier alpha value is -3.21. The standard InChI is InChI=1S/C23H25N3O2/c1-5-15-26(22(27)18-11-13-19(14-12-18)23(2,3)4)16-20-24-21(25-28-20)17-9-7-6-8-10-17/h5-14H,1,15-16H2,2-4H3. The summed E-state index contributed by atoms with van der Waals surface area (Å²) < 4.78 is 5.36. The summed E-state index contributed by atoms with van der Waals surface area (Å²) >= 11 is 0. The second-order valence-corrected chi connectivity index (χ2v) is 7.68. The van der Waals surface area contributed by atoms with Gasteiger partial charge in [0, 0.05) is 17.7 Å². The van der Waals surface area contributed by atoms with Gasteiger partial charge in [-0.3, -0.25) is 4.79 Å². The lowest BCUT2D eigenvalue weighted by Crippen LogP contribution is -2.31. The van der Waals surface area contributed by atoms with E-state index in [4.69, 9.17) is 4.52 Å². The molecule has 5 nitrogen and oxygen atoms in total. The second kappa shape index (κ2) is 8.21. The van der Waals surface area contributed by atoms with Gasteiger partial charge in [0.25, 0.3) is 5.91 Å². The molecule has 2 aromatic carbocycles. The Kier molecular flexibility index (Phi) is 5.73. The van der Waals surface area contributed by atoms with Crippen LogP contribution in [0.4, 0.5) is 0 Å². The Morgan fingerprint density at radius 3 is 2.39 bits per heavy atom. The summed E-state index contributed by atoms with van der Waals surface area (Å²) in [6.07, 6.45) is 1.69. The smallest absolute Gasteiger partial charge is 0.254 e. The van der Waals surface area contributed by atoms with Gasteiger partial charge in [0.2, 0.25) is 11.7 Å². The average Bonchev–Trinajstić information content (AvgIpc) is 3.16. The summed E-state index contributed by atoms with van der Waals surface area (Å²) in [7, 11) is 0. The van der Waals surface area contributed by atoms with Crippen molar-refractivity contribution in [2.24, 2.45) is 0 Å². The zero-order valence-electron chi connectivity index (χ0n) is 16.6. The van der Waals surface area contributed by atoms with Crippen LogP contribution < -0.4 is 0 Å². The minimum Gasteiger partial charge on any atom is -0.337 e. The van der Waals surface area contributed by atoms with Crippen molar-refractivity contribution < 1.29 is 9.32 Å². The number of hydrogen-bond acceptors (Lipinski definition) is 4. The predicted molar refractivity (Wildman–Crippen MR) is 110 cm³/mol. The molecule has 0 atom stereocenters. The topological polar surface area (TPSA) is 59.2 Å². The molecule has 0 unspecified atom stereocenters. The third-order valence-electron chi connectivity index (χ3n) is 4.46. The van der Waals surface area contributed by atoms with Crippen molar-refractivity contribution in [2.45, 2.75) is 32.7 Å². The van der Waals surface area contributed by atoms with Gasteiger partial charge < -0.3 is 9.42 Å². The summed E-state index contributed by atoms with van der Waals surface area (Å²) in [6.45, 7) is 10.8. The molecule has 144 valence electrons. The van der Waals surface area contributed by atoms with Gasteiger partial charge in [0.15, 0.2) is 0 Å². The van der Waals surface area contributed by atoms with Crippen LogP contribution in [0.3, 0.4) is 0 Å². The molecule has 0 aliphatic carbocycles. The van der Waals surface area contributed by atoms with E-state index in [1.807, 2.05) is 54.6 Å². The van der Waals surface area contributed by atoms with E-state index in [9.17, 15) is 4.79 Å². The first-order chi connectivity index (χ1) is 13.4. The van der Waals surface area contributed by atoms with Crippen LogP contribution in [0.1, 0.15) is 42.6 Å². The zero-order valence-corrected chi connectivity index (χ0v) is 16.6. The molecule has 3 aromatic rings. The maximum atomic E-state index is 13.0. The molecular weight excluding hydrogens is 350 g/mol. The minimum absolute atomic E-state index is 0.0416. The average molecular weight is 375 g/mol. The molecule has 5 heteroatoms. The largest absolute Gasteiger partial charge is 0.337 e. The van der Waals surface area contributed by atoms with Crippen LogP contribution in [0.2, 0.25) is 0 Å². The Bertz CT molecular complexity index is 938. The van der Waals surface area contributed by atoms with Crippen molar-refractivity contribution in [2.75, 3.05) is 6.54 Å². The van der Waals surface area contributed by atoms with Crippen LogP contribution in [0.25, 0.3) is 11.4 Å². The molecule has 0 N–H and O–H groups in total. The van der Waals surface area contributed by atoms with Crippen LogP contribution >= 0.6 is 0 Å². The van der Waals surface area contributed by atoms with Gasteiger partial charge in [-0.15, -0.1) is 6.58 Å². The third-order valence-corrected chi connectivity index (χ3v) is 4.46. The minimum atomic E-state index is -0.0974. The molecular formula is C23H25N3O2. The van der Waals surface area contributed by atoms with Crippen molar-refractivity contribution in [1.82, 2.24) is 15.0 Å². The van der Waals surface area contributed by atoms with Crippen molar-refractivity contribution >= 4 is 5.91 Å². The molecule has 1 heterocycles. The van der Waals surface area contributed by atoms with Crippen LogP contribution in [-0.4, -0.2) is 27.5 Å². The summed E-state index contributed by atoms with van der Waals surface area (Å²) in [5.74, 6) is 0.802. The van der Waals surface area contributed by atoms with Crippen LogP contribution in [0, 0.1) is 0 Å². The molecule has 1 aromatic heterocycles. The highest BCUT2D eigenvalue weighted by Crippen LogP contribution is 2.23. The molecule has 0 radical (unpaired) electrons. The molecule has 1 amide bonds. The Labute approximate surface area is 165 Å². The Morgan fingerprint density at radius 2 is 1.79 bits per heavy atom. The maximum Gasteiger partial charge on any atom is 0.254 e. The number of carbonyl (C=O) groups excluding carboxylic acids is 1. The summed E-state index contributed by atoms with van der Waals surface area (Å²) in [4.78, 5) is 19.0. The third kappa shape index (κ3) is 4.55. The fourth-order valence-corrected chi connectivity index (χ4v) is 2.86. The van der Waals surface area contributed by atoms with E-state index in [0.29, 0.717) is 23.8 Å². The van der Waals surface area contributed by atoms with E-state index in [0.717, 1.165) is 5.56 Å². The van der Waals surface area contributed by atoms with Crippen molar-refractivity contribution in [3.8, 4) is 11.4 Å². The number of aromatic nitrogens is 2. The second-order valence-electron chi connectivity index (χ2n) is 7.68. The number of carbonyl (C=O) groups is 1. The van der Waals surface area contributed by atoms with Crippen molar-refractivity contribution in [3.63, 3.8) is 0 Å². The number of hydrogen-bond donors (Lipinski definition) is 0. The fourth-order valence-electron chi connectivity index (χ4n) is 2.86. The van der Waals surface area contributed by atoms with E-state index in [1.54, 1.807) is 11.0 Å². The highest BCUT2D eigenvalue weighted by molar-refractivity contribution is 5.94. The first-order valence-electron chi connectivity index (χ1n) is 9.27. The highest BCUT2D eigenvalue weighted by atomic mass is 16.5. The Balaban J connectivity index is 1.77. The van der Waals surface area contributed by atoms with Gasteiger partial charge in [-0.1, -0.05) is 74.5 Å². The van der Waals surface area contributed by atoms with Crippen LogP contribution in [-0.2, 0) is 12.0 Å². The maximum absolute atomic E-state index is 13.0. The lowest BCUT2D eigenvalue weighted by Gasteiger charge is -2.21. The van der Waals surface area contributed by atoms with E-state index < -0.39 is 0 Å². The molecule has 3 rings (SSSR count). The van der Waals surface area contributed by atoms with Gasteiger partial charge >= 0.3 is 0 Å². The van der Waals surface area contributed by atoms with Crippen molar-refractivity contribution in [1.29, 1.82) is 0 Å². The Morgan fingerprint density at radius 1 is 1.11 bits per heavy atom. The molecule has 0 aliphatic rings. The first kappa shape index (κ1) is 19.5. The summed E-state index contributed by atoms with van der Waals surface area (Å²) in [6, 6.07) is 17.3. The van der Waals surface area contributed by atoms with E-state index >= 15 is 0 Å². The lowest BCUT2D eigenvalue weighted by molar-refractivity contribution is 0.0745.